The van der Waals surface area contributed by atoms with E-state index in [1.54, 1.807) is 20.8 Å². The second-order valence-electron chi connectivity index (χ2n) is 6.24. The van der Waals surface area contributed by atoms with Crippen LogP contribution in [0.2, 0.25) is 0 Å². The van der Waals surface area contributed by atoms with Crippen LogP contribution in [0.25, 0.3) is 0 Å². The Morgan fingerprint density at radius 3 is 2.24 bits per heavy atom. The lowest BCUT2D eigenvalue weighted by Crippen LogP contribution is -2.69. The SMILES string of the molecule is CC(C)(C)OC(=O)NCC(=O)C12CC(F)(C1)C2. The van der Waals surface area contributed by atoms with Crippen LogP contribution in [-0.4, -0.2) is 29.7 Å². The number of alkyl halides is 1. The van der Waals surface area contributed by atoms with Crippen molar-refractivity contribution in [1.29, 1.82) is 0 Å². The number of carbonyl (C=O) groups excluding carboxylic acids is 2. The van der Waals surface area contributed by atoms with Gasteiger partial charge in [-0.2, -0.15) is 0 Å². The summed E-state index contributed by atoms with van der Waals surface area (Å²) >= 11 is 0. The van der Waals surface area contributed by atoms with Crippen molar-refractivity contribution in [3.8, 4) is 0 Å². The first kappa shape index (κ1) is 12.3. The Morgan fingerprint density at radius 1 is 1.29 bits per heavy atom. The fourth-order valence-electron chi connectivity index (χ4n) is 2.61. The molecule has 1 N–H and O–H groups in total. The fraction of sp³-hybridized carbons (Fsp3) is 0.833. The van der Waals surface area contributed by atoms with Gasteiger partial charge >= 0.3 is 6.09 Å². The predicted octanol–water partition coefficient (Wildman–Crippen LogP) is 1.97. The number of carbonyl (C=O) groups is 2. The molecule has 2 bridgehead atoms. The van der Waals surface area contributed by atoms with Crippen molar-refractivity contribution >= 4 is 11.9 Å². The summed E-state index contributed by atoms with van der Waals surface area (Å²) in [7, 11) is 0. The lowest BCUT2D eigenvalue weighted by atomic mass is 9.41. The molecule has 3 saturated carbocycles. The van der Waals surface area contributed by atoms with E-state index in [2.05, 4.69) is 5.32 Å². The molecule has 3 rings (SSSR count). The highest BCUT2D eigenvalue weighted by atomic mass is 19.1. The number of hydrogen-bond donors (Lipinski definition) is 1. The second-order valence-corrected chi connectivity index (χ2v) is 6.24. The van der Waals surface area contributed by atoms with E-state index in [4.69, 9.17) is 4.74 Å². The van der Waals surface area contributed by atoms with Crippen molar-refractivity contribution in [2.45, 2.75) is 51.3 Å². The molecule has 3 fully saturated rings. The Kier molecular flexibility index (Phi) is 2.49. The van der Waals surface area contributed by atoms with Crippen LogP contribution in [0, 0.1) is 5.41 Å². The van der Waals surface area contributed by atoms with E-state index in [1.807, 2.05) is 0 Å². The van der Waals surface area contributed by atoms with Crippen LogP contribution in [-0.2, 0) is 9.53 Å². The first-order valence-electron chi connectivity index (χ1n) is 5.83. The number of hydrogen-bond acceptors (Lipinski definition) is 3. The standard InChI is InChI=1S/C12H18FNO3/c1-10(2,3)17-9(16)14-4-8(15)11-5-12(13,6-11)7-11/h4-7H2,1-3H3,(H,14,16). The lowest BCUT2D eigenvalue weighted by molar-refractivity contribution is -0.211. The van der Waals surface area contributed by atoms with Crippen LogP contribution < -0.4 is 5.32 Å². The van der Waals surface area contributed by atoms with Gasteiger partial charge in [-0.05, 0) is 40.0 Å². The molecule has 0 saturated heterocycles. The number of Topliss-reactive ketones (excluding diaryl/α,β-unsaturated/α-hetero) is 1. The molecule has 0 aromatic carbocycles. The van der Waals surface area contributed by atoms with Crippen molar-refractivity contribution in [3.63, 3.8) is 0 Å². The summed E-state index contributed by atoms with van der Waals surface area (Å²) in [6.45, 7) is 5.19. The van der Waals surface area contributed by atoms with Crippen molar-refractivity contribution in [1.82, 2.24) is 5.32 Å². The van der Waals surface area contributed by atoms with Crippen LogP contribution in [0.15, 0.2) is 0 Å². The molecule has 17 heavy (non-hydrogen) atoms. The van der Waals surface area contributed by atoms with Crippen molar-refractivity contribution in [3.05, 3.63) is 0 Å². The molecule has 4 nitrogen and oxygen atoms in total. The molecular formula is C12H18FNO3. The molecule has 3 aliphatic rings. The van der Waals surface area contributed by atoms with E-state index in [0.29, 0.717) is 19.3 Å². The minimum Gasteiger partial charge on any atom is -0.444 e. The molecule has 0 aromatic rings. The van der Waals surface area contributed by atoms with E-state index in [1.165, 1.54) is 0 Å². The number of alkyl carbamates (subject to hydrolysis) is 1. The van der Waals surface area contributed by atoms with Gasteiger partial charge in [-0.3, -0.25) is 4.79 Å². The molecule has 0 heterocycles. The van der Waals surface area contributed by atoms with Gasteiger partial charge in [0.15, 0.2) is 5.78 Å². The van der Waals surface area contributed by atoms with Crippen LogP contribution in [0.1, 0.15) is 40.0 Å². The minimum absolute atomic E-state index is 0.0645. The summed E-state index contributed by atoms with van der Waals surface area (Å²) in [6, 6.07) is 0. The van der Waals surface area contributed by atoms with Crippen molar-refractivity contribution in [2.24, 2.45) is 5.41 Å². The van der Waals surface area contributed by atoms with Crippen LogP contribution >= 0.6 is 0 Å². The zero-order chi connectivity index (χ0) is 12.9. The molecule has 3 aliphatic carbocycles. The van der Waals surface area contributed by atoms with Crippen LogP contribution in [0.3, 0.4) is 0 Å². The van der Waals surface area contributed by atoms with E-state index >= 15 is 0 Å². The van der Waals surface area contributed by atoms with E-state index in [0.717, 1.165) is 0 Å². The maximum absolute atomic E-state index is 13.2. The third-order valence-electron chi connectivity index (χ3n) is 3.35. The van der Waals surface area contributed by atoms with Gasteiger partial charge in [0.05, 0.1) is 6.54 Å². The van der Waals surface area contributed by atoms with E-state index < -0.39 is 22.8 Å². The van der Waals surface area contributed by atoms with Gasteiger partial charge in [0, 0.05) is 5.41 Å². The summed E-state index contributed by atoms with van der Waals surface area (Å²) in [5.41, 5.74) is -2.14. The quantitative estimate of drug-likeness (QED) is 0.824. The number of nitrogens with one attached hydrogen (secondary N) is 1. The molecule has 0 atom stereocenters. The molecule has 1 amide bonds. The van der Waals surface area contributed by atoms with Gasteiger partial charge in [-0.15, -0.1) is 0 Å². The summed E-state index contributed by atoms with van der Waals surface area (Å²) in [6.07, 6.45) is 0.380. The maximum Gasteiger partial charge on any atom is 0.408 e. The summed E-state index contributed by atoms with van der Waals surface area (Å²) in [5, 5.41) is 2.42. The molecule has 96 valence electrons. The number of amides is 1. The molecule has 0 spiro atoms. The maximum atomic E-state index is 13.2. The molecular weight excluding hydrogens is 225 g/mol. The lowest BCUT2D eigenvalue weighted by Gasteiger charge is -2.64. The van der Waals surface area contributed by atoms with Gasteiger partial charge in [0.2, 0.25) is 0 Å². The Balaban J connectivity index is 1.73. The smallest absolute Gasteiger partial charge is 0.408 e. The Morgan fingerprint density at radius 2 is 1.82 bits per heavy atom. The van der Waals surface area contributed by atoms with Gasteiger partial charge in [0.1, 0.15) is 11.3 Å². The fourth-order valence-corrected chi connectivity index (χ4v) is 2.61. The summed E-state index contributed by atoms with van der Waals surface area (Å²) < 4.78 is 18.2. The molecule has 0 unspecified atom stereocenters. The highest BCUT2D eigenvalue weighted by Gasteiger charge is 2.72. The highest BCUT2D eigenvalue weighted by molar-refractivity contribution is 5.92. The Hall–Kier alpha value is -1.13. The topological polar surface area (TPSA) is 55.4 Å². The van der Waals surface area contributed by atoms with Gasteiger partial charge in [-0.1, -0.05) is 0 Å². The summed E-state index contributed by atoms with van der Waals surface area (Å²) in [4.78, 5) is 23.1. The monoisotopic (exact) mass is 243 g/mol. The van der Waals surface area contributed by atoms with Crippen molar-refractivity contribution < 1.29 is 18.7 Å². The van der Waals surface area contributed by atoms with Gasteiger partial charge < -0.3 is 10.1 Å². The van der Waals surface area contributed by atoms with Crippen LogP contribution in [0.4, 0.5) is 9.18 Å². The molecule has 0 radical (unpaired) electrons. The Bertz CT molecular complexity index is 353. The zero-order valence-corrected chi connectivity index (χ0v) is 10.4. The largest absolute Gasteiger partial charge is 0.444 e. The Labute approximate surface area is 99.9 Å². The van der Waals surface area contributed by atoms with Crippen molar-refractivity contribution in [2.75, 3.05) is 6.54 Å². The molecule has 0 aliphatic heterocycles. The average Bonchev–Trinajstić information content (AvgIpc) is 2.04. The van der Waals surface area contributed by atoms with Crippen LogP contribution in [0.5, 0.6) is 0 Å². The zero-order valence-electron chi connectivity index (χ0n) is 10.4. The highest BCUT2D eigenvalue weighted by Crippen LogP contribution is 2.69. The summed E-state index contributed by atoms with van der Waals surface area (Å²) in [5.74, 6) is -0.0807. The average molecular weight is 243 g/mol. The molecule has 0 aromatic heterocycles. The third-order valence-corrected chi connectivity index (χ3v) is 3.35. The van der Waals surface area contributed by atoms with E-state index in [-0.39, 0.29) is 12.3 Å². The van der Waals surface area contributed by atoms with Gasteiger partial charge in [0.25, 0.3) is 0 Å². The number of halogens is 1. The second kappa shape index (κ2) is 3.43. The first-order chi connectivity index (χ1) is 7.64. The third kappa shape index (κ3) is 2.28. The predicted molar refractivity (Wildman–Crippen MR) is 59.4 cm³/mol. The van der Waals surface area contributed by atoms with Gasteiger partial charge in [-0.25, -0.2) is 9.18 Å². The molecule has 5 heteroatoms. The van der Waals surface area contributed by atoms with E-state index in [9.17, 15) is 14.0 Å². The number of ketones is 1. The number of rotatable bonds is 3. The first-order valence-corrected chi connectivity index (χ1v) is 5.83. The minimum atomic E-state index is -1.08. The number of ether oxygens (including phenoxy) is 1. The normalized spacial score (nSPS) is 34.4.